The molecule has 0 saturated carbocycles. The van der Waals surface area contributed by atoms with Gasteiger partial charge in [0.1, 0.15) is 0 Å². The molecule has 2 aromatic carbocycles. The highest BCUT2D eigenvalue weighted by Crippen LogP contribution is 2.25. The summed E-state index contributed by atoms with van der Waals surface area (Å²) in [6.45, 7) is 11.8. The van der Waals surface area contributed by atoms with E-state index in [0.717, 1.165) is 35.2 Å². The van der Waals surface area contributed by atoms with Gasteiger partial charge in [-0.25, -0.2) is 0 Å². The number of aryl methyl sites for hydroxylation is 3. The lowest BCUT2D eigenvalue weighted by Crippen LogP contribution is -2.04. The topological polar surface area (TPSA) is 26.3 Å². The number of carbonyl (C=O) groups excluding carboxylic acids is 1. The Morgan fingerprint density at radius 1 is 0.957 bits per heavy atom. The fourth-order valence-electron chi connectivity index (χ4n) is 2.46. The van der Waals surface area contributed by atoms with Gasteiger partial charge in [-0.05, 0) is 59.6 Å². The fourth-order valence-corrected chi connectivity index (χ4v) is 3.60. The SMILES string of the molecule is CCOCC.Cc1cc(C)c(C(=O)Pc2ccccc2)c(C)c1. The van der Waals surface area contributed by atoms with Gasteiger partial charge in [0.15, 0.2) is 5.52 Å². The molecule has 0 amide bonds. The second-order valence-corrected chi connectivity index (χ2v) is 6.66. The number of benzene rings is 2. The lowest BCUT2D eigenvalue weighted by molar-refractivity contribution is 0.108. The first kappa shape index (κ1) is 19.5. The van der Waals surface area contributed by atoms with Crippen LogP contribution in [0.4, 0.5) is 0 Å². The van der Waals surface area contributed by atoms with E-state index in [9.17, 15) is 4.79 Å². The summed E-state index contributed by atoms with van der Waals surface area (Å²) in [5.74, 6) is 0. The quantitative estimate of drug-likeness (QED) is 0.736. The zero-order chi connectivity index (χ0) is 17.2. The maximum atomic E-state index is 12.4. The third-order valence-electron chi connectivity index (χ3n) is 3.34. The Balaban J connectivity index is 0.000000463. The number of ether oxygens (including phenoxy) is 1. The molecule has 0 radical (unpaired) electrons. The predicted molar refractivity (Wildman–Crippen MR) is 102 cm³/mol. The third-order valence-corrected chi connectivity index (χ3v) is 4.44. The van der Waals surface area contributed by atoms with Gasteiger partial charge >= 0.3 is 0 Å². The van der Waals surface area contributed by atoms with Crippen molar-refractivity contribution in [1.29, 1.82) is 0 Å². The Hall–Kier alpha value is -1.50. The molecule has 2 aromatic rings. The van der Waals surface area contributed by atoms with Crippen molar-refractivity contribution in [2.24, 2.45) is 0 Å². The Bertz CT molecular complexity index is 596. The minimum atomic E-state index is 0.206. The molecule has 0 aliphatic carbocycles. The van der Waals surface area contributed by atoms with Crippen LogP contribution in [0.15, 0.2) is 42.5 Å². The maximum absolute atomic E-state index is 12.4. The van der Waals surface area contributed by atoms with Gasteiger partial charge in [-0.15, -0.1) is 0 Å². The predicted octanol–water partition coefficient (Wildman–Crippen LogP) is 4.80. The van der Waals surface area contributed by atoms with Crippen molar-refractivity contribution < 1.29 is 9.53 Å². The molecule has 0 fully saturated rings. The van der Waals surface area contributed by atoms with Gasteiger partial charge in [-0.2, -0.15) is 0 Å². The summed E-state index contributed by atoms with van der Waals surface area (Å²) in [6.07, 6.45) is 0. The van der Waals surface area contributed by atoms with Gasteiger partial charge in [0.25, 0.3) is 0 Å². The summed E-state index contributed by atoms with van der Waals surface area (Å²) in [5.41, 5.74) is 4.51. The number of rotatable bonds is 5. The van der Waals surface area contributed by atoms with Crippen LogP contribution >= 0.6 is 8.58 Å². The van der Waals surface area contributed by atoms with Crippen LogP contribution in [-0.2, 0) is 4.74 Å². The molecule has 23 heavy (non-hydrogen) atoms. The summed E-state index contributed by atoms with van der Waals surface area (Å²) >= 11 is 0. The minimum Gasteiger partial charge on any atom is -0.382 e. The van der Waals surface area contributed by atoms with E-state index in [0.29, 0.717) is 0 Å². The summed E-state index contributed by atoms with van der Waals surface area (Å²) in [4.78, 5) is 12.4. The molecule has 0 aliphatic rings. The molecule has 2 rings (SSSR count). The molecule has 124 valence electrons. The summed E-state index contributed by atoms with van der Waals surface area (Å²) < 4.78 is 4.83. The van der Waals surface area contributed by atoms with E-state index >= 15 is 0 Å². The van der Waals surface area contributed by atoms with Crippen LogP contribution in [0.1, 0.15) is 40.9 Å². The van der Waals surface area contributed by atoms with Crippen LogP contribution in [0.25, 0.3) is 0 Å². The molecule has 1 unspecified atom stereocenters. The molecule has 0 aliphatic heterocycles. The van der Waals surface area contributed by atoms with E-state index in [4.69, 9.17) is 4.74 Å². The molecule has 0 N–H and O–H groups in total. The van der Waals surface area contributed by atoms with Crippen LogP contribution in [0.5, 0.6) is 0 Å². The van der Waals surface area contributed by atoms with Crippen LogP contribution in [0.3, 0.4) is 0 Å². The van der Waals surface area contributed by atoms with E-state index in [1.54, 1.807) is 0 Å². The zero-order valence-electron chi connectivity index (χ0n) is 14.8. The lowest BCUT2D eigenvalue weighted by Gasteiger charge is -2.10. The van der Waals surface area contributed by atoms with Gasteiger partial charge in [0.2, 0.25) is 0 Å². The molecule has 0 heterocycles. The smallest absolute Gasteiger partial charge is 0.186 e. The van der Waals surface area contributed by atoms with Crippen LogP contribution in [0.2, 0.25) is 0 Å². The van der Waals surface area contributed by atoms with Crippen molar-refractivity contribution in [3.05, 3.63) is 64.7 Å². The number of hydrogen-bond acceptors (Lipinski definition) is 2. The standard InChI is InChI=1S/C16H17OP.C4H10O/c1-11-9-12(2)15(13(3)10-11)16(17)18-14-7-5-4-6-8-14;1-3-5-4-2/h4-10,18H,1-3H3;3-4H2,1-2H3. The Kier molecular flexibility index (Phi) is 8.76. The first-order valence-electron chi connectivity index (χ1n) is 8.01. The molecule has 2 nitrogen and oxygen atoms in total. The highest BCUT2D eigenvalue weighted by Gasteiger charge is 2.13. The summed E-state index contributed by atoms with van der Waals surface area (Å²) in [7, 11) is 0.206. The fraction of sp³-hybridized carbons (Fsp3) is 0.350. The second-order valence-electron chi connectivity index (χ2n) is 5.38. The summed E-state index contributed by atoms with van der Waals surface area (Å²) in [5, 5.41) is 1.10. The van der Waals surface area contributed by atoms with E-state index in [1.807, 2.05) is 58.0 Å². The molecular formula is C20H27O2P. The Morgan fingerprint density at radius 3 is 1.91 bits per heavy atom. The monoisotopic (exact) mass is 330 g/mol. The van der Waals surface area contributed by atoms with E-state index in [1.165, 1.54) is 5.56 Å². The third kappa shape index (κ3) is 6.64. The van der Waals surface area contributed by atoms with Gasteiger partial charge < -0.3 is 4.74 Å². The highest BCUT2D eigenvalue weighted by molar-refractivity contribution is 7.66. The van der Waals surface area contributed by atoms with Gasteiger partial charge in [-0.3, -0.25) is 4.79 Å². The van der Waals surface area contributed by atoms with Crippen molar-refractivity contribution in [2.75, 3.05) is 13.2 Å². The molecule has 0 saturated heterocycles. The second kappa shape index (κ2) is 10.3. The average Bonchev–Trinajstić information content (AvgIpc) is 2.48. The molecular weight excluding hydrogens is 303 g/mol. The maximum Gasteiger partial charge on any atom is 0.186 e. The number of hydrogen-bond donors (Lipinski definition) is 0. The molecule has 1 atom stereocenters. The average molecular weight is 330 g/mol. The van der Waals surface area contributed by atoms with Crippen molar-refractivity contribution in [2.45, 2.75) is 34.6 Å². The van der Waals surface area contributed by atoms with Crippen LogP contribution in [0, 0.1) is 20.8 Å². The largest absolute Gasteiger partial charge is 0.382 e. The lowest BCUT2D eigenvalue weighted by atomic mass is 10.0. The Morgan fingerprint density at radius 2 is 1.48 bits per heavy atom. The first-order chi connectivity index (χ1) is 11.0. The van der Waals surface area contributed by atoms with Crippen LogP contribution < -0.4 is 5.30 Å². The van der Waals surface area contributed by atoms with E-state index < -0.39 is 0 Å². The Labute approximate surface area is 142 Å². The number of carbonyl (C=O) groups is 1. The van der Waals surface area contributed by atoms with Crippen molar-refractivity contribution in [1.82, 2.24) is 0 Å². The normalized spacial score (nSPS) is 10.5. The molecule has 3 heteroatoms. The van der Waals surface area contributed by atoms with Crippen LogP contribution in [-0.4, -0.2) is 18.7 Å². The van der Waals surface area contributed by atoms with Gasteiger partial charge in [0.05, 0.1) is 0 Å². The summed E-state index contributed by atoms with van der Waals surface area (Å²) in [6, 6.07) is 14.1. The molecule has 0 bridgehead atoms. The van der Waals surface area contributed by atoms with Crippen molar-refractivity contribution >= 4 is 19.4 Å². The van der Waals surface area contributed by atoms with E-state index in [2.05, 4.69) is 19.1 Å². The van der Waals surface area contributed by atoms with Gasteiger partial charge in [0, 0.05) is 18.8 Å². The van der Waals surface area contributed by atoms with Gasteiger partial charge in [-0.1, -0.05) is 48.0 Å². The molecule has 0 aromatic heterocycles. The highest BCUT2D eigenvalue weighted by atomic mass is 31.1. The zero-order valence-corrected chi connectivity index (χ0v) is 15.8. The minimum absolute atomic E-state index is 0.206. The van der Waals surface area contributed by atoms with E-state index in [-0.39, 0.29) is 14.1 Å². The molecule has 0 spiro atoms. The first-order valence-corrected chi connectivity index (χ1v) is 9.01. The van der Waals surface area contributed by atoms with Crippen molar-refractivity contribution in [3.8, 4) is 0 Å². The van der Waals surface area contributed by atoms with Crippen molar-refractivity contribution in [3.63, 3.8) is 0 Å².